The second kappa shape index (κ2) is 6.23. The summed E-state index contributed by atoms with van der Waals surface area (Å²) in [4.78, 5) is 36.8. The van der Waals surface area contributed by atoms with Gasteiger partial charge in [-0.3, -0.25) is 14.7 Å². The molecule has 0 fully saturated rings. The topological polar surface area (TPSA) is 105 Å². The number of nitrogens with one attached hydrogen (secondary N) is 2. The van der Waals surface area contributed by atoms with Gasteiger partial charge in [-0.25, -0.2) is 9.97 Å². The molecule has 0 saturated heterocycles. The first kappa shape index (κ1) is 16.2. The molecule has 1 amide bonds. The van der Waals surface area contributed by atoms with E-state index in [1.165, 1.54) is 10.6 Å². The molecule has 0 bridgehead atoms. The van der Waals surface area contributed by atoms with Gasteiger partial charge in [-0.05, 0) is 18.4 Å². The SMILES string of the molecule is Cc1cc(=O)n2[nH]c(CNC(=O)c3cc4ccccc4c(Cl)n3)nc2n1. The molecule has 0 unspecified atom stereocenters. The van der Waals surface area contributed by atoms with E-state index in [2.05, 4.69) is 25.4 Å². The molecule has 1 aromatic carbocycles. The van der Waals surface area contributed by atoms with E-state index in [0.29, 0.717) is 11.5 Å². The minimum absolute atomic E-state index is 0.0901. The normalized spacial score (nSPS) is 11.2. The zero-order chi connectivity index (χ0) is 18.3. The molecule has 0 aliphatic carbocycles. The summed E-state index contributed by atoms with van der Waals surface area (Å²) in [7, 11) is 0. The minimum Gasteiger partial charge on any atom is -0.343 e. The highest BCUT2D eigenvalue weighted by molar-refractivity contribution is 6.34. The van der Waals surface area contributed by atoms with Crippen LogP contribution in [0.2, 0.25) is 5.15 Å². The van der Waals surface area contributed by atoms with Gasteiger partial charge in [0.25, 0.3) is 17.2 Å². The number of pyridine rings is 1. The number of amides is 1. The number of carbonyl (C=O) groups is 1. The largest absolute Gasteiger partial charge is 0.343 e. The van der Waals surface area contributed by atoms with Gasteiger partial charge in [0.15, 0.2) is 0 Å². The van der Waals surface area contributed by atoms with Crippen molar-refractivity contribution in [3.05, 3.63) is 69.1 Å². The van der Waals surface area contributed by atoms with Gasteiger partial charge in [0.2, 0.25) is 0 Å². The number of aromatic amines is 1. The Morgan fingerprint density at radius 1 is 1.23 bits per heavy atom. The Balaban J connectivity index is 1.57. The van der Waals surface area contributed by atoms with Crippen molar-refractivity contribution in [3.8, 4) is 0 Å². The van der Waals surface area contributed by atoms with Gasteiger partial charge >= 0.3 is 0 Å². The highest BCUT2D eigenvalue weighted by atomic mass is 35.5. The summed E-state index contributed by atoms with van der Waals surface area (Å²) in [5.74, 6) is 0.265. The second-order valence-electron chi connectivity index (χ2n) is 5.74. The maximum absolute atomic E-state index is 12.4. The van der Waals surface area contributed by atoms with Gasteiger partial charge in [-0.1, -0.05) is 35.9 Å². The van der Waals surface area contributed by atoms with Crippen molar-refractivity contribution in [1.82, 2.24) is 29.9 Å². The minimum atomic E-state index is -0.394. The fourth-order valence-corrected chi connectivity index (χ4v) is 2.91. The highest BCUT2D eigenvalue weighted by Gasteiger charge is 2.13. The van der Waals surface area contributed by atoms with Crippen molar-refractivity contribution in [2.24, 2.45) is 0 Å². The Bertz CT molecular complexity index is 1210. The van der Waals surface area contributed by atoms with Crippen LogP contribution in [-0.2, 0) is 6.54 Å². The number of aryl methyl sites for hydroxylation is 1. The van der Waals surface area contributed by atoms with Gasteiger partial charge in [0.05, 0.1) is 6.54 Å². The number of aromatic nitrogens is 5. The molecule has 3 aromatic heterocycles. The van der Waals surface area contributed by atoms with Crippen LogP contribution in [0.1, 0.15) is 22.0 Å². The predicted molar refractivity (Wildman–Crippen MR) is 96.3 cm³/mol. The second-order valence-corrected chi connectivity index (χ2v) is 6.10. The Morgan fingerprint density at radius 2 is 2.04 bits per heavy atom. The standard InChI is InChI=1S/C17H13ClN6O2/c1-9-6-14(25)24-17(20-9)22-13(23-24)8-19-16(26)12-7-10-4-2-3-5-11(10)15(18)21-12/h2-7H,8H2,1H3,(H,19,26)(H,20,22,23). The van der Waals surface area contributed by atoms with Gasteiger partial charge in [-0.15, -0.1) is 0 Å². The van der Waals surface area contributed by atoms with Crippen LogP contribution in [0.3, 0.4) is 0 Å². The third kappa shape index (κ3) is 2.91. The van der Waals surface area contributed by atoms with Crippen LogP contribution in [0, 0.1) is 6.92 Å². The van der Waals surface area contributed by atoms with E-state index < -0.39 is 5.91 Å². The maximum Gasteiger partial charge on any atom is 0.274 e. The maximum atomic E-state index is 12.4. The van der Waals surface area contributed by atoms with Crippen molar-refractivity contribution in [2.75, 3.05) is 0 Å². The van der Waals surface area contributed by atoms with Gasteiger partial charge in [0.1, 0.15) is 16.7 Å². The molecular weight excluding hydrogens is 356 g/mol. The van der Waals surface area contributed by atoms with E-state index >= 15 is 0 Å². The Kier molecular flexibility index (Phi) is 3.89. The highest BCUT2D eigenvalue weighted by Crippen LogP contribution is 2.22. The summed E-state index contributed by atoms with van der Waals surface area (Å²) in [6.07, 6.45) is 0. The van der Waals surface area contributed by atoms with E-state index in [0.717, 1.165) is 10.8 Å². The lowest BCUT2D eigenvalue weighted by molar-refractivity contribution is 0.0945. The fourth-order valence-electron chi connectivity index (χ4n) is 2.64. The molecule has 0 saturated carbocycles. The summed E-state index contributed by atoms with van der Waals surface area (Å²) in [5.41, 5.74) is 0.517. The van der Waals surface area contributed by atoms with E-state index in [-0.39, 0.29) is 28.7 Å². The first-order valence-corrected chi connectivity index (χ1v) is 8.18. The van der Waals surface area contributed by atoms with E-state index in [4.69, 9.17) is 11.6 Å². The molecule has 2 N–H and O–H groups in total. The van der Waals surface area contributed by atoms with Crippen molar-refractivity contribution in [3.63, 3.8) is 0 Å². The molecule has 130 valence electrons. The van der Waals surface area contributed by atoms with E-state index in [1.54, 1.807) is 13.0 Å². The molecule has 0 atom stereocenters. The monoisotopic (exact) mass is 368 g/mol. The number of nitrogens with zero attached hydrogens (tertiary/aromatic N) is 4. The van der Waals surface area contributed by atoms with Gasteiger partial charge in [0, 0.05) is 17.1 Å². The number of rotatable bonds is 3. The van der Waals surface area contributed by atoms with Crippen molar-refractivity contribution in [1.29, 1.82) is 0 Å². The van der Waals surface area contributed by atoms with Crippen LogP contribution >= 0.6 is 11.6 Å². The number of H-pyrrole nitrogens is 1. The number of carbonyl (C=O) groups excluding carboxylic acids is 1. The molecule has 4 aromatic rings. The molecule has 0 spiro atoms. The first-order chi connectivity index (χ1) is 12.5. The van der Waals surface area contributed by atoms with Crippen LogP contribution in [0.25, 0.3) is 16.6 Å². The number of benzene rings is 1. The average Bonchev–Trinajstić information content (AvgIpc) is 3.03. The number of hydrogen-bond acceptors (Lipinski definition) is 5. The molecule has 4 rings (SSSR count). The number of hydrogen-bond donors (Lipinski definition) is 2. The fraction of sp³-hybridized carbons (Fsp3) is 0.118. The molecular formula is C17H13ClN6O2. The lowest BCUT2D eigenvalue weighted by Gasteiger charge is -2.05. The zero-order valence-corrected chi connectivity index (χ0v) is 14.4. The number of halogens is 1. The van der Waals surface area contributed by atoms with E-state index in [9.17, 15) is 9.59 Å². The zero-order valence-electron chi connectivity index (χ0n) is 13.7. The molecule has 9 heteroatoms. The lowest BCUT2D eigenvalue weighted by atomic mass is 10.1. The molecule has 26 heavy (non-hydrogen) atoms. The Hall–Kier alpha value is -3.26. The molecule has 0 radical (unpaired) electrons. The Morgan fingerprint density at radius 3 is 2.88 bits per heavy atom. The van der Waals surface area contributed by atoms with Gasteiger partial charge in [-0.2, -0.15) is 9.50 Å². The summed E-state index contributed by atoms with van der Waals surface area (Å²) in [5, 5.41) is 7.39. The lowest BCUT2D eigenvalue weighted by Crippen LogP contribution is -2.24. The van der Waals surface area contributed by atoms with Crippen molar-refractivity contribution in [2.45, 2.75) is 13.5 Å². The Labute approximate surface area is 151 Å². The third-order valence-corrected chi connectivity index (χ3v) is 4.14. The first-order valence-electron chi connectivity index (χ1n) is 7.80. The van der Waals surface area contributed by atoms with Crippen LogP contribution < -0.4 is 10.9 Å². The summed E-state index contributed by atoms with van der Waals surface area (Å²) in [6.45, 7) is 1.81. The summed E-state index contributed by atoms with van der Waals surface area (Å²) in [6, 6.07) is 10.5. The quantitative estimate of drug-likeness (QED) is 0.537. The average molecular weight is 369 g/mol. The smallest absolute Gasteiger partial charge is 0.274 e. The summed E-state index contributed by atoms with van der Waals surface area (Å²) >= 11 is 6.15. The van der Waals surface area contributed by atoms with E-state index in [1.807, 2.05) is 24.3 Å². The third-order valence-electron chi connectivity index (χ3n) is 3.85. The van der Waals surface area contributed by atoms with Crippen LogP contribution in [0.15, 0.2) is 41.2 Å². The van der Waals surface area contributed by atoms with Gasteiger partial charge < -0.3 is 5.32 Å². The van der Waals surface area contributed by atoms with Crippen molar-refractivity contribution >= 4 is 34.1 Å². The molecule has 0 aliphatic rings. The van der Waals surface area contributed by atoms with Crippen LogP contribution in [-0.4, -0.2) is 30.5 Å². The molecule has 8 nitrogen and oxygen atoms in total. The summed E-state index contributed by atoms with van der Waals surface area (Å²) < 4.78 is 1.22. The molecule has 0 aliphatic heterocycles. The molecule has 3 heterocycles. The number of fused-ring (bicyclic) bond motifs is 2. The van der Waals surface area contributed by atoms with Crippen molar-refractivity contribution < 1.29 is 4.79 Å². The predicted octanol–water partition coefficient (Wildman–Crippen LogP) is 1.86. The van der Waals surface area contributed by atoms with Crippen LogP contribution in [0.4, 0.5) is 0 Å². The van der Waals surface area contributed by atoms with Crippen LogP contribution in [0.5, 0.6) is 0 Å².